The quantitative estimate of drug-likeness (QED) is 0.704. The lowest BCUT2D eigenvalue weighted by atomic mass is 10.0. The third-order valence-electron chi connectivity index (χ3n) is 3.58. The van der Waals surface area contributed by atoms with E-state index < -0.39 is 0 Å². The Balaban J connectivity index is 1.76. The average Bonchev–Trinajstić information content (AvgIpc) is 2.58. The van der Waals surface area contributed by atoms with Gasteiger partial charge < -0.3 is 15.7 Å². The van der Waals surface area contributed by atoms with Crippen molar-refractivity contribution in [2.24, 2.45) is 0 Å². The second kappa shape index (κ2) is 8.36. The van der Waals surface area contributed by atoms with E-state index in [1.807, 2.05) is 6.07 Å². The van der Waals surface area contributed by atoms with Crippen molar-refractivity contribution in [2.75, 3.05) is 13.1 Å². The molecule has 0 unspecified atom stereocenters. The molecule has 2 aromatic rings. The van der Waals surface area contributed by atoms with Crippen LogP contribution in [-0.4, -0.2) is 30.0 Å². The van der Waals surface area contributed by atoms with E-state index in [0.29, 0.717) is 23.7 Å². The van der Waals surface area contributed by atoms with Gasteiger partial charge >= 0.3 is 0 Å². The van der Waals surface area contributed by atoms with E-state index in [0.717, 1.165) is 5.56 Å². The number of benzene rings is 2. The number of carbonyl (C=O) groups excluding carboxylic acids is 2. The highest BCUT2D eigenvalue weighted by Gasteiger charge is 2.15. The van der Waals surface area contributed by atoms with Gasteiger partial charge in [-0.05, 0) is 48.9 Å². The van der Waals surface area contributed by atoms with E-state index in [-0.39, 0.29) is 23.5 Å². The number of amides is 2. The van der Waals surface area contributed by atoms with Crippen LogP contribution in [0.2, 0.25) is 5.02 Å². The molecule has 3 N–H and O–H groups in total. The van der Waals surface area contributed by atoms with Gasteiger partial charge in [-0.25, -0.2) is 0 Å². The number of phenols is 1. The summed E-state index contributed by atoms with van der Waals surface area (Å²) in [5.74, 6) is -0.603. The maximum atomic E-state index is 12.1. The largest absolute Gasteiger partial charge is 0.508 e. The van der Waals surface area contributed by atoms with E-state index >= 15 is 0 Å². The normalized spacial score (nSPS) is 11.6. The van der Waals surface area contributed by atoms with Crippen LogP contribution in [0.5, 0.6) is 5.75 Å². The van der Waals surface area contributed by atoms with Crippen molar-refractivity contribution in [1.82, 2.24) is 10.6 Å². The van der Waals surface area contributed by atoms with Crippen molar-refractivity contribution < 1.29 is 14.7 Å². The number of halogens is 1. The number of rotatable bonds is 6. The molecule has 126 valence electrons. The third kappa shape index (κ3) is 4.99. The molecule has 0 heterocycles. The SMILES string of the molecule is C[C@H](C(=O)NCCNC(=O)c1ccc(O)cc1)c1cccc(Cl)c1. The number of phenolic OH excluding ortho intramolecular Hbond substituents is 1. The Hall–Kier alpha value is -2.53. The van der Waals surface area contributed by atoms with Gasteiger partial charge in [0.25, 0.3) is 5.91 Å². The molecular weight excluding hydrogens is 328 g/mol. The fourth-order valence-corrected chi connectivity index (χ4v) is 2.36. The second-order valence-electron chi connectivity index (χ2n) is 5.37. The Bertz CT molecular complexity index is 716. The first kappa shape index (κ1) is 17.8. The number of hydrogen-bond donors (Lipinski definition) is 3. The van der Waals surface area contributed by atoms with Gasteiger partial charge in [-0.2, -0.15) is 0 Å². The highest BCUT2D eigenvalue weighted by atomic mass is 35.5. The molecule has 24 heavy (non-hydrogen) atoms. The van der Waals surface area contributed by atoms with Gasteiger partial charge in [0, 0.05) is 23.7 Å². The molecule has 0 saturated carbocycles. The Morgan fingerprint density at radius 3 is 2.42 bits per heavy atom. The molecule has 0 spiro atoms. The van der Waals surface area contributed by atoms with Gasteiger partial charge in [-0.3, -0.25) is 9.59 Å². The second-order valence-corrected chi connectivity index (χ2v) is 5.81. The fourth-order valence-electron chi connectivity index (χ4n) is 2.16. The lowest BCUT2D eigenvalue weighted by Gasteiger charge is -2.13. The van der Waals surface area contributed by atoms with Crippen molar-refractivity contribution in [2.45, 2.75) is 12.8 Å². The summed E-state index contributed by atoms with van der Waals surface area (Å²) >= 11 is 5.93. The zero-order chi connectivity index (χ0) is 17.5. The summed E-state index contributed by atoms with van der Waals surface area (Å²) in [4.78, 5) is 24.0. The van der Waals surface area contributed by atoms with E-state index in [1.165, 1.54) is 24.3 Å². The summed E-state index contributed by atoms with van der Waals surface area (Å²) in [5, 5.41) is 15.3. The minimum atomic E-state index is -0.323. The molecule has 0 aliphatic heterocycles. The van der Waals surface area contributed by atoms with E-state index in [2.05, 4.69) is 10.6 Å². The van der Waals surface area contributed by atoms with Gasteiger partial charge in [-0.1, -0.05) is 23.7 Å². The zero-order valence-corrected chi connectivity index (χ0v) is 14.0. The monoisotopic (exact) mass is 346 g/mol. The topological polar surface area (TPSA) is 78.4 Å². The predicted molar refractivity (Wildman–Crippen MR) is 93.3 cm³/mol. The molecule has 6 heteroatoms. The van der Waals surface area contributed by atoms with Crippen molar-refractivity contribution in [1.29, 1.82) is 0 Å². The molecule has 0 bridgehead atoms. The van der Waals surface area contributed by atoms with E-state index in [1.54, 1.807) is 25.1 Å². The zero-order valence-electron chi connectivity index (χ0n) is 13.3. The first-order valence-corrected chi connectivity index (χ1v) is 7.95. The predicted octanol–water partition coefficient (Wildman–Crippen LogP) is 2.70. The molecule has 0 fully saturated rings. The van der Waals surface area contributed by atoms with Gasteiger partial charge in [0.2, 0.25) is 5.91 Å². The Kier molecular flexibility index (Phi) is 6.21. The number of aromatic hydroxyl groups is 1. The highest BCUT2D eigenvalue weighted by molar-refractivity contribution is 6.30. The van der Waals surface area contributed by atoms with Crippen LogP contribution in [0.25, 0.3) is 0 Å². The fraction of sp³-hybridized carbons (Fsp3) is 0.222. The van der Waals surface area contributed by atoms with Crippen molar-refractivity contribution in [3.8, 4) is 5.75 Å². The molecule has 0 saturated heterocycles. The molecule has 0 aliphatic carbocycles. The minimum absolute atomic E-state index is 0.105. The molecule has 0 aliphatic rings. The lowest BCUT2D eigenvalue weighted by Crippen LogP contribution is -2.36. The highest BCUT2D eigenvalue weighted by Crippen LogP contribution is 2.19. The molecule has 2 aromatic carbocycles. The van der Waals surface area contributed by atoms with Gasteiger partial charge in [0.15, 0.2) is 0 Å². The maximum absolute atomic E-state index is 12.1. The molecule has 0 radical (unpaired) electrons. The molecule has 2 amide bonds. The van der Waals surface area contributed by atoms with Crippen LogP contribution >= 0.6 is 11.6 Å². The summed E-state index contributed by atoms with van der Waals surface area (Å²) < 4.78 is 0. The standard InChI is InChI=1S/C18H19ClN2O3/c1-12(14-3-2-4-15(19)11-14)17(23)20-9-10-21-18(24)13-5-7-16(22)8-6-13/h2-8,11-12,22H,9-10H2,1H3,(H,20,23)(H,21,24)/t12-/m0/s1. The summed E-state index contributed by atoms with van der Waals surface area (Å²) in [5.41, 5.74) is 1.29. The Morgan fingerprint density at radius 1 is 1.08 bits per heavy atom. The van der Waals surface area contributed by atoms with Gasteiger partial charge in [0.05, 0.1) is 5.92 Å². The smallest absolute Gasteiger partial charge is 0.251 e. The summed E-state index contributed by atoms with van der Waals surface area (Å²) in [7, 11) is 0. The van der Waals surface area contributed by atoms with Crippen LogP contribution in [0.4, 0.5) is 0 Å². The van der Waals surface area contributed by atoms with Crippen molar-refractivity contribution >= 4 is 23.4 Å². The van der Waals surface area contributed by atoms with Crippen LogP contribution in [0.15, 0.2) is 48.5 Å². The molecule has 5 nitrogen and oxygen atoms in total. The Morgan fingerprint density at radius 2 is 1.75 bits per heavy atom. The van der Waals surface area contributed by atoms with Crippen LogP contribution in [-0.2, 0) is 4.79 Å². The molecular formula is C18H19ClN2O3. The van der Waals surface area contributed by atoms with Gasteiger partial charge in [-0.15, -0.1) is 0 Å². The number of carbonyl (C=O) groups is 2. The average molecular weight is 347 g/mol. The van der Waals surface area contributed by atoms with Crippen molar-refractivity contribution in [3.05, 3.63) is 64.7 Å². The van der Waals surface area contributed by atoms with Crippen LogP contribution in [0.3, 0.4) is 0 Å². The molecule has 0 aromatic heterocycles. The number of nitrogens with one attached hydrogen (secondary N) is 2. The first-order valence-electron chi connectivity index (χ1n) is 7.58. The van der Waals surface area contributed by atoms with E-state index in [4.69, 9.17) is 11.6 Å². The third-order valence-corrected chi connectivity index (χ3v) is 3.82. The lowest BCUT2D eigenvalue weighted by molar-refractivity contribution is -0.122. The first-order chi connectivity index (χ1) is 11.5. The summed E-state index contributed by atoms with van der Waals surface area (Å²) in [6, 6.07) is 13.1. The van der Waals surface area contributed by atoms with Crippen molar-refractivity contribution in [3.63, 3.8) is 0 Å². The summed E-state index contributed by atoms with van der Waals surface area (Å²) in [6.07, 6.45) is 0. The minimum Gasteiger partial charge on any atom is -0.508 e. The maximum Gasteiger partial charge on any atom is 0.251 e. The van der Waals surface area contributed by atoms with E-state index in [9.17, 15) is 14.7 Å². The van der Waals surface area contributed by atoms with Crippen LogP contribution < -0.4 is 10.6 Å². The van der Waals surface area contributed by atoms with Crippen LogP contribution in [0, 0.1) is 0 Å². The number of hydrogen-bond acceptors (Lipinski definition) is 3. The summed E-state index contributed by atoms with van der Waals surface area (Å²) in [6.45, 7) is 2.44. The molecule has 2 rings (SSSR count). The van der Waals surface area contributed by atoms with Gasteiger partial charge in [0.1, 0.15) is 5.75 Å². The Labute approximate surface area is 145 Å². The molecule has 1 atom stereocenters. The van der Waals surface area contributed by atoms with Crippen LogP contribution in [0.1, 0.15) is 28.8 Å².